The molecule has 1 aromatic rings. The summed E-state index contributed by atoms with van der Waals surface area (Å²) < 4.78 is 5.33. The van der Waals surface area contributed by atoms with Gasteiger partial charge in [0.1, 0.15) is 5.82 Å². The van der Waals surface area contributed by atoms with Crippen LogP contribution in [0.1, 0.15) is 38.6 Å². The average molecular weight is 320 g/mol. The summed E-state index contributed by atoms with van der Waals surface area (Å²) in [6, 6.07) is 0. The molecule has 23 heavy (non-hydrogen) atoms. The first-order valence-electron chi connectivity index (χ1n) is 8.52. The predicted octanol–water partition coefficient (Wildman–Crippen LogP) is 2.34. The number of hydrogen-bond donors (Lipinski definition) is 0. The van der Waals surface area contributed by atoms with Crippen molar-refractivity contribution >= 4 is 6.09 Å². The molecular weight excluding hydrogens is 292 g/mol. The Bertz CT molecular complexity index is 490. The molecule has 128 valence electrons. The van der Waals surface area contributed by atoms with E-state index in [-0.39, 0.29) is 6.09 Å². The molecule has 6 nitrogen and oxygen atoms in total. The van der Waals surface area contributed by atoms with Gasteiger partial charge in [-0.15, -0.1) is 0 Å². The minimum atomic E-state index is -0.184. The molecule has 1 aliphatic heterocycles. The molecule has 0 saturated carbocycles. The number of ether oxygens (including phenoxy) is 1. The Labute approximate surface area is 138 Å². The fourth-order valence-corrected chi connectivity index (χ4v) is 2.54. The van der Waals surface area contributed by atoms with E-state index in [2.05, 4.69) is 21.8 Å². The highest BCUT2D eigenvalue weighted by Gasteiger charge is 2.20. The van der Waals surface area contributed by atoms with Crippen molar-refractivity contribution in [1.29, 1.82) is 0 Å². The van der Waals surface area contributed by atoms with Gasteiger partial charge < -0.3 is 9.64 Å². The van der Waals surface area contributed by atoms with E-state index in [4.69, 9.17) is 4.74 Å². The molecule has 6 heteroatoms. The zero-order valence-corrected chi connectivity index (χ0v) is 14.5. The molecule has 0 N–H and O–H groups in total. The van der Waals surface area contributed by atoms with Crippen molar-refractivity contribution in [2.45, 2.75) is 40.2 Å². The maximum atomic E-state index is 12.1. The molecular formula is C17H28N4O2. The molecule has 0 unspecified atom stereocenters. The number of hydrogen-bond acceptors (Lipinski definition) is 5. The summed E-state index contributed by atoms with van der Waals surface area (Å²) in [6.45, 7) is 10.8. The second-order valence-corrected chi connectivity index (χ2v) is 6.45. The van der Waals surface area contributed by atoms with Crippen molar-refractivity contribution in [2.75, 3.05) is 32.8 Å². The van der Waals surface area contributed by atoms with Gasteiger partial charge in [0.15, 0.2) is 0 Å². The van der Waals surface area contributed by atoms with Crippen LogP contribution in [0, 0.1) is 5.92 Å². The van der Waals surface area contributed by atoms with Crippen LogP contribution < -0.4 is 0 Å². The molecule has 0 bridgehead atoms. The van der Waals surface area contributed by atoms with Crippen molar-refractivity contribution in [2.24, 2.45) is 5.92 Å². The highest BCUT2D eigenvalue weighted by molar-refractivity contribution is 5.67. The average Bonchev–Trinajstić information content (AvgIpc) is 2.79. The molecule has 1 aliphatic rings. The lowest BCUT2D eigenvalue weighted by atomic mass is 10.2. The predicted molar refractivity (Wildman–Crippen MR) is 89.1 cm³/mol. The van der Waals surface area contributed by atoms with Crippen LogP contribution in [-0.4, -0.2) is 58.6 Å². The molecule has 2 rings (SSSR count). The summed E-state index contributed by atoms with van der Waals surface area (Å²) >= 11 is 0. The topological polar surface area (TPSA) is 58.6 Å². The third-order valence-electron chi connectivity index (χ3n) is 3.87. The van der Waals surface area contributed by atoms with Gasteiger partial charge in [0.05, 0.1) is 6.61 Å². The number of rotatable bonds is 5. The first-order chi connectivity index (χ1) is 11.1. The van der Waals surface area contributed by atoms with E-state index < -0.39 is 0 Å². The number of aryl methyl sites for hydroxylation is 1. The highest BCUT2D eigenvalue weighted by Crippen LogP contribution is 2.09. The molecule has 1 saturated heterocycles. The lowest BCUT2D eigenvalue weighted by Crippen LogP contribution is -2.36. The highest BCUT2D eigenvalue weighted by atomic mass is 16.6. The van der Waals surface area contributed by atoms with Crippen molar-refractivity contribution in [1.82, 2.24) is 19.8 Å². The van der Waals surface area contributed by atoms with Crippen LogP contribution in [0.2, 0.25) is 0 Å². The maximum Gasteiger partial charge on any atom is 0.409 e. The molecule has 0 spiro atoms. The largest absolute Gasteiger partial charge is 0.449 e. The van der Waals surface area contributed by atoms with E-state index >= 15 is 0 Å². The molecule has 1 amide bonds. The second kappa shape index (κ2) is 8.82. The summed E-state index contributed by atoms with van der Waals surface area (Å²) in [4.78, 5) is 24.9. The zero-order valence-electron chi connectivity index (χ0n) is 14.5. The summed E-state index contributed by atoms with van der Waals surface area (Å²) in [5.41, 5.74) is 1.12. The van der Waals surface area contributed by atoms with E-state index in [0.29, 0.717) is 19.1 Å². The lowest BCUT2D eigenvalue weighted by molar-refractivity contribution is 0.0930. The molecule has 0 atom stereocenters. The fourth-order valence-electron chi connectivity index (χ4n) is 2.54. The second-order valence-electron chi connectivity index (χ2n) is 6.45. The summed E-state index contributed by atoms with van der Waals surface area (Å²) in [6.07, 6.45) is 5.45. The number of amides is 1. The van der Waals surface area contributed by atoms with Gasteiger partial charge in [-0.1, -0.05) is 20.8 Å². The van der Waals surface area contributed by atoms with Crippen molar-refractivity contribution < 1.29 is 9.53 Å². The van der Waals surface area contributed by atoms with Crippen LogP contribution in [0.4, 0.5) is 4.79 Å². The molecule has 2 heterocycles. The SMILES string of the molecule is CCc1ncc(CN2CCCN(C(=O)OCC(C)C)CC2)cn1. The van der Waals surface area contributed by atoms with Crippen molar-refractivity contribution in [3.8, 4) is 0 Å². The van der Waals surface area contributed by atoms with Gasteiger partial charge in [0.2, 0.25) is 0 Å². The van der Waals surface area contributed by atoms with Gasteiger partial charge in [-0.3, -0.25) is 4.90 Å². The third kappa shape index (κ3) is 5.78. The van der Waals surface area contributed by atoms with Gasteiger partial charge in [-0.2, -0.15) is 0 Å². The van der Waals surface area contributed by atoms with Gasteiger partial charge in [0, 0.05) is 57.1 Å². The quantitative estimate of drug-likeness (QED) is 0.833. The smallest absolute Gasteiger partial charge is 0.409 e. The minimum Gasteiger partial charge on any atom is -0.449 e. The van der Waals surface area contributed by atoms with Gasteiger partial charge in [-0.25, -0.2) is 14.8 Å². The Morgan fingerprint density at radius 2 is 1.96 bits per heavy atom. The Balaban J connectivity index is 1.81. The number of aromatic nitrogens is 2. The van der Waals surface area contributed by atoms with Crippen LogP contribution in [0.3, 0.4) is 0 Å². The van der Waals surface area contributed by atoms with Crippen LogP contribution in [-0.2, 0) is 17.7 Å². The molecule has 1 fully saturated rings. The van der Waals surface area contributed by atoms with Gasteiger partial charge in [0.25, 0.3) is 0 Å². The molecule has 0 aliphatic carbocycles. The Morgan fingerprint density at radius 3 is 2.61 bits per heavy atom. The van der Waals surface area contributed by atoms with E-state index in [9.17, 15) is 4.79 Å². The molecule has 0 radical (unpaired) electrons. The molecule has 0 aromatic carbocycles. The van der Waals surface area contributed by atoms with Crippen LogP contribution in [0.25, 0.3) is 0 Å². The Kier molecular flexibility index (Phi) is 6.77. The van der Waals surface area contributed by atoms with Crippen LogP contribution in [0.15, 0.2) is 12.4 Å². The Hall–Kier alpha value is -1.69. The number of nitrogens with zero attached hydrogens (tertiary/aromatic N) is 4. The summed E-state index contributed by atoms with van der Waals surface area (Å²) in [7, 11) is 0. The maximum absolute atomic E-state index is 12.1. The van der Waals surface area contributed by atoms with E-state index in [1.54, 1.807) is 0 Å². The normalized spacial score (nSPS) is 16.4. The first kappa shape index (κ1) is 17.7. The lowest BCUT2D eigenvalue weighted by Gasteiger charge is -2.22. The summed E-state index contributed by atoms with van der Waals surface area (Å²) in [5.74, 6) is 1.25. The van der Waals surface area contributed by atoms with Crippen molar-refractivity contribution in [3.63, 3.8) is 0 Å². The first-order valence-corrected chi connectivity index (χ1v) is 8.52. The van der Waals surface area contributed by atoms with Gasteiger partial charge in [-0.05, 0) is 12.3 Å². The molecule has 1 aromatic heterocycles. The van der Waals surface area contributed by atoms with E-state index in [1.165, 1.54) is 0 Å². The summed E-state index contributed by atoms with van der Waals surface area (Å²) in [5, 5.41) is 0. The Morgan fingerprint density at radius 1 is 1.22 bits per heavy atom. The monoisotopic (exact) mass is 320 g/mol. The van der Waals surface area contributed by atoms with Crippen LogP contribution >= 0.6 is 0 Å². The van der Waals surface area contributed by atoms with E-state index in [0.717, 1.165) is 50.4 Å². The third-order valence-corrected chi connectivity index (χ3v) is 3.87. The van der Waals surface area contributed by atoms with E-state index in [1.807, 2.05) is 31.1 Å². The van der Waals surface area contributed by atoms with Gasteiger partial charge >= 0.3 is 6.09 Å². The minimum absolute atomic E-state index is 0.184. The van der Waals surface area contributed by atoms with Crippen molar-refractivity contribution in [3.05, 3.63) is 23.8 Å². The standard InChI is InChI=1S/C17H28N4O2/c1-4-16-18-10-15(11-19-16)12-20-6-5-7-21(9-8-20)17(22)23-13-14(2)3/h10-11,14H,4-9,12-13H2,1-3H3. The fraction of sp³-hybridized carbons (Fsp3) is 0.706. The number of carbonyl (C=O) groups excluding carboxylic acids is 1. The number of carbonyl (C=O) groups is 1. The zero-order chi connectivity index (χ0) is 16.7. The van der Waals surface area contributed by atoms with Crippen LogP contribution in [0.5, 0.6) is 0 Å².